The van der Waals surface area contributed by atoms with E-state index in [1.54, 1.807) is 7.11 Å². The van der Waals surface area contributed by atoms with E-state index in [-0.39, 0.29) is 17.2 Å². The molecule has 0 amide bonds. The molecule has 0 radical (unpaired) electrons. The highest BCUT2D eigenvalue weighted by molar-refractivity contribution is 5.75. The molecule has 0 fully saturated rings. The zero-order chi connectivity index (χ0) is 15.1. The van der Waals surface area contributed by atoms with Crippen molar-refractivity contribution in [1.29, 1.82) is 0 Å². The van der Waals surface area contributed by atoms with Crippen molar-refractivity contribution in [3.05, 3.63) is 39.9 Å². The van der Waals surface area contributed by atoms with Gasteiger partial charge < -0.3 is 9.84 Å². The van der Waals surface area contributed by atoms with E-state index in [1.807, 2.05) is 26.0 Å². The molecular formula is C14H14N4O3. The lowest BCUT2D eigenvalue weighted by Gasteiger charge is -2.13. The summed E-state index contributed by atoms with van der Waals surface area (Å²) in [6.45, 7) is 3.71. The van der Waals surface area contributed by atoms with Gasteiger partial charge in [0.1, 0.15) is 17.6 Å². The summed E-state index contributed by atoms with van der Waals surface area (Å²) in [5.41, 5.74) is 2.07. The van der Waals surface area contributed by atoms with Crippen LogP contribution in [-0.2, 0) is 0 Å². The van der Waals surface area contributed by atoms with Crippen molar-refractivity contribution in [2.24, 2.45) is 0 Å². The summed E-state index contributed by atoms with van der Waals surface area (Å²) < 4.78 is 6.40. The van der Waals surface area contributed by atoms with E-state index < -0.39 is 5.56 Å². The zero-order valence-corrected chi connectivity index (χ0v) is 11.8. The molecule has 0 aliphatic rings. The van der Waals surface area contributed by atoms with Gasteiger partial charge in [-0.15, -0.1) is 0 Å². The SMILES string of the molecule is COc1cc(C)c(-c2c(O)n3ncnc3[nH]c2=O)c(C)c1. The van der Waals surface area contributed by atoms with Crippen molar-refractivity contribution in [2.75, 3.05) is 7.11 Å². The lowest BCUT2D eigenvalue weighted by atomic mass is 9.97. The maximum atomic E-state index is 12.3. The van der Waals surface area contributed by atoms with Gasteiger partial charge in [0.2, 0.25) is 11.7 Å². The molecule has 2 aromatic heterocycles. The molecule has 0 aliphatic heterocycles. The lowest BCUT2D eigenvalue weighted by molar-refractivity contribution is 0.414. The Morgan fingerprint density at radius 3 is 2.52 bits per heavy atom. The van der Waals surface area contributed by atoms with Crippen LogP contribution in [0.2, 0.25) is 0 Å². The quantitative estimate of drug-likeness (QED) is 0.743. The highest BCUT2D eigenvalue weighted by Crippen LogP contribution is 2.33. The monoisotopic (exact) mass is 286 g/mol. The van der Waals surface area contributed by atoms with E-state index in [4.69, 9.17) is 4.74 Å². The molecule has 7 nitrogen and oxygen atoms in total. The molecule has 0 spiro atoms. The van der Waals surface area contributed by atoms with Crippen LogP contribution in [0.3, 0.4) is 0 Å². The van der Waals surface area contributed by atoms with Crippen LogP contribution in [-0.4, -0.2) is 31.8 Å². The number of nitrogens with zero attached hydrogens (tertiary/aromatic N) is 3. The van der Waals surface area contributed by atoms with Gasteiger partial charge in [-0.2, -0.15) is 14.6 Å². The largest absolute Gasteiger partial charge is 0.497 e. The van der Waals surface area contributed by atoms with Crippen molar-refractivity contribution in [1.82, 2.24) is 19.6 Å². The number of aromatic amines is 1. The van der Waals surface area contributed by atoms with Crippen LogP contribution in [0.4, 0.5) is 0 Å². The summed E-state index contributed by atoms with van der Waals surface area (Å²) in [6.07, 6.45) is 1.27. The summed E-state index contributed by atoms with van der Waals surface area (Å²) in [7, 11) is 1.58. The van der Waals surface area contributed by atoms with Crippen molar-refractivity contribution in [3.63, 3.8) is 0 Å². The second kappa shape index (κ2) is 4.62. The molecule has 1 aromatic carbocycles. The Balaban J connectivity index is 2.38. The van der Waals surface area contributed by atoms with E-state index in [0.717, 1.165) is 11.1 Å². The van der Waals surface area contributed by atoms with Gasteiger partial charge in [-0.05, 0) is 42.7 Å². The van der Waals surface area contributed by atoms with Crippen LogP contribution in [0, 0.1) is 13.8 Å². The van der Waals surface area contributed by atoms with Crippen LogP contribution < -0.4 is 10.3 Å². The van der Waals surface area contributed by atoms with Gasteiger partial charge in [-0.25, -0.2) is 0 Å². The fraction of sp³-hybridized carbons (Fsp3) is 0.214. The second-order valence-electron chi connectivity index (χ2n) is 4.78. The molecule has 7 heteroatoms. The van der Waals surface area contributed by atoms with Gasteiger partial charge in [0.25, 0.3) is 5.56 Å². The van der Waals surface area contributed by atoms with Gasteiger partial charge >= 0.3 is 0 Å². The minimum Gasteiger partial charge on any atom is -0.497 e. The van der Waals surface area contributed by atoms with Crippen LogP contribution >= 0.6 is 0 Å². The first-order valence-corrected chi connectivity index (χ1v) is 6.33. The zero-order valence-electron chi connectivity index (χ0n) is 11.8. The molecule has 0 saturated heterocycles. The predicted molar refractivity (Wildman–Crippen MR) is 76.7 cm³/mol. The summed E-state index contributed by atoms with van der Waals surface area (Å²) in [5, 5.41) is 14.3. The highest BCUT2D eigenvalue weighted by Gasteiger charge is 2.19. The van der Waals surface area contributed by atoms with E-state index in [9.17, 15) is 9.90 Å². The normalized spacial score (nSPS) is 11.0. The lowest BCUT2D eigenvalue weighted by Crippen LogP contribution is -2.14. The van der Waals surface area contributed by atoms with Gasteiger partial charge in [0.15, 0.2) is 0 Å². The first-order valence-electron chi connectivity index (χ1n) is 6.33. The first-order chi connectivity index (χ1) is 10.0. The predicted octanol–water partition coefficient (Wildman–Crippen LogP) is 1.42. The highest BCUT2D eigenvalue weighted by atomic mass is 16.5. The molecule has 0 bridgehead atoms. The molecule has 3 aromatic rings. The number of fused-ring (bicyclic) bond motifs is 1. The Morgan fingerprint density at radius 1 is 1.24 bits per heavy atom. The molecule has 0 unspecified atom stereocenters. The smallest absolute Gasteiger partial charge is 0.264 e. The number of aryl methyl sites for hydroxylation is 2. The number of benzene rings is 1. The number of hydrogen-bond donors (Lipinski definition) is 2. The Bertz CT molecular complexity index is 872. The third-order valence-electron chi connectivity index (χ3n) is 3.42. The average molecular weight is 286 g/mol. The molecule has 0 saturated carbocycles. The van der Waals surface area contributed by atoms with Crippen LogP contribution in [0.5, 0.6) is 11.6 Å². The van der Waals surface area contributed by atoms with E-state index in [2.05, 4.69) is 15.1 Å². The molecule has 2 N–H and O–H groups in total. The molecule has 21 heavy (non-hydrogen) atoms. The summed E-state index contributed by atoms with van der Waals surface area (Å²) >= 11 is 0. The summed E-state index contributed by atoms with van der Waals surface area (Å²) in [6, 6.07) is 3.62. The molecule has 2 heterocycles. The van der Waals surface area contributed by atoms with E-state index >= 15 is 0 Å². The van der Waals surface area contributed by atoms with E-state index in [1.165, 1.54) is 10.8 Å². The fourth-order valence-corrected chi connectivity index (χ4v) is 2.51. The minimum atomic E-state index is -0.413. The van der Waals surface area contributed by atoms with Gasteiger partial charge in [0, 0.05) is 0 Å². The van der Waals surface area contributed by atoms with Crippen molar-refractivity contribution >= 4 is 5.78 Å². The number of hydrogen-bond acceptors (Lipinski definition) is 5. The standard InChI is InChI=1S/C14H14N4O3/c1-7-4-9(21-3)5-8(2)10(7)11-12(19)17-14-15-6-16-18(14)13(11)20/h4-6,20H,1-3H3,(H,15,16,17,19). The van der Waals surface area contributed by atoms with Crippen molar-refractivity contribution in [3.8, 4) is 22.8 Å². The summed E-state index contributed by atoms with van der Waals surface area (Å²) in [5.74, 6) is 0.666. The third kappa shape index (κ3) is 1.94. The van der Waals surface area contributed by atoms with Crippen molar-refractivity contribution < 1.29 is 9.84 Å². The number of H-pyrrole nitrogens is 1. The Hall–Kier alpha value is -2.83. The average Bonchev–Trinajstić information content (AvgIpc) is 2.89. The fourth-order valence-electron chi connectivity index (χ4n) is 2.51. The number of ether oxygens (including phenoxy) is 1. The van der Waals surface area contributed by atoms with E-state index in [0.29, 0.717) is 11.3 Å². The van der Waals surface area contributed by atoms with Gasteiger partial charge in [-0.1, -0.05) is 0 Å². The minimum absolute atomic E-state index is 0.172. The molecular weight excluding hydrogens is 272 g/mol. The molecule has 0 aliphatic carbocycles. The Kier molecular flexibility index (Phi) is 2.90. The van der Waals surface area contributed by atoms with Crippen LogP contribution in [0.1, 0.15) is 11.1 Å². The van der Waals surface area contributed by atoms with Crippen LogP contribution in [0.15, 0.2) is 23.3 Å². The number of nitrogens with one attached hydrogen (secondary N) is 1. The maximum Gasteiger partial charge on any atom is 0.264 e. The molecule has 0 atom stereocenters. The van der Waals surface area contributed by atoms with Gasteiger partial charge in [-0.3, -0.25) is 9.78 Å². The maximum absolute atomic E-state index is 12.3. The van der Waals surface area contributed by atoms with Gasteiger partial charge in [0.05, 0.1) is 7.11 Å². The second-order valence-corrected chi connectivity index (χ2v) is 4.78. The number of rotatable bonds is 2. The van der Waals surface area contributed by atoms with Crippen LogP contribution in [0.25, 0.3) is 16.9 Å². The number of aromatic hydroxyl groups is 1. The third-order valence-corrected chi connectivity index (χ3v) is 3.42. The first kappa shape index (κ1) is 13.2. The Labute approximate surface area is 119 Å². The van der Waals surface area contributed by atoms with Crippen molar-refractivity contribution in [2.45, 2.75) is 13.8 Å². The summed E-state index contributed by atoms with van der Waals surface area (Å²) in [4.78, 5) is 18.8. The molecule has 108 valence electrons. The molecule has 3 rings (SSSR count). The topological polar surface area (TPSA) is 92.5 Å². The number of methoxy groups -OCH3 is 1. The Morgan fingerprint density at radius 2 is 1.90 bits per heavy atom. The number of aromatic nitrogens is 4.